The van der Waals surface area contributed by atoms with Crippen LogP contribution in [0.3, 0.4) is 0 Å². The minimum atomic E-state index is -0.178. The molecule has 0 spiro atoms. The van der Waals surface area contributed by atoms with E-state index in [2.05, 4.69) is 11.8 Å². The molecule has 1 amide bonds. The van der Waals surface area contributed by atoms with Crippen molar-refractivity contribution in [1.29, 1.82) is 0 Å². The normalized spacial score (nSPS) is 31.7. The molecular formula is C16H29NO2. The highest BCUT2D eigenvalue weighted by molar-refractivity contribution is 5.76. The van der Waals surface area contributed by atoms with Crippen molar-refractivity contribution in [3.05, 3.63) is 0 Å². The molecule has 3 atom stereocenters. The van der Waals surface area contributed by atoms with Gasteiger partial charge in [0.1, 0.15) is 0 Å². The van der Waals surface area contributed by atoms with Crippen LogP contribution >= 0.6 is 0 Å². The summed E-state index contributed by atoms with van der Waals surface area (Å²) in [6.07, 6.45) is 10.5. The van der Waals surface area contributed by atoms with E-state index in [-0.39, 0.29) is 6.10 Å². The minimum absolute atomic E-state index is 0.178. The van der Waals surface area contributed by atoms with Gasteiger partial charge in [-0.05, 0) is 32.1 Å². The number of likely N-dealkylation sites (tertiary alicyclic amines) is 1. The highest BCUT2D eigenvalue weighted by Crippen LogP contribution is 2.35. The fourth-order valence-corrected chi connectivity index (χ4v) is 3.81. The average molecular weight is 267 g/mol. The van der Waals surface area contributed by atoms with Crippen LogP contribution in [0.25, 0.3) is 0 Å². The van der Waals surface area contributed by atoms with Gasteiger partial charge in [-0.15, -0.1) is 0 Å². The zero-order chi connectivity index (χ0) is 13.7. The van der Waals surface area contributed by atoms with Crippen molar-refractivity contribution < 1.29 is 9.90 Å². The fraction of sp³-hybridized carbons (Fsp3) is 0.938. The lowest BCUT2D eigenvalue weighted by Crippen LogP contribution is -2.45. The summed E-state index contributed by atoms with van der Waals surface area (Å²) in [6.45, 7) is 3.08. The Hall–Kier alpha value is -0.570. The molecule has 1 N–H and O–H groups in total. The van der Waals surface area contributed by atoms with Gasteiger partial charge in [0.05, 0.1) is 6.10 Å². The van der Waals surface area contributed by atoms with Crippen LogP contribution in [-0.4, -0.2) is 34.6 Å². The SMILES string of the molecule is CCCCCC(=O)N1CCCC1C1CCCCC1O. The summed E-state index contributed by atoms with van der Waals surface area (Å²) < 4.78 is 0. The summed E-state index contributed by atoms with van der Waals surface area (Å²) in [7, 11) is 0. The maximum Gasteiger partial charge on any atom is 0.222 e. The van der Waals surface area contributed by atoms with E-state index in [1.165, 1.54) is 6.42 Å². The summed E-state index contributed by atoms with van der Waals surface area (Å²) in [5.74, 6) is 0.667. The van der Waals surface area contributed by atoms with E-state index < -0.39 is 0 Å². The molecule has 1 aliphatic carbocycles. The number of aliphatic hydroxyl groups is 1. The third-order valence-corrected chi connectivity index (χ3v) is 4.89. The first-order valence-corrected chi connectivity index (χ1v) is 8.21. The van der Waals surface area contributed by atoms with E-state index >= 15 is 0 Å². The van der Waals surface area contributed by atoms with Gasteiger partial charge in [-0.3, -0.25) is 4.79 Å². The largest absolute Gasteiger partial charge is 0.393 e. The molecule has 1 aliphatic heterocycles. The standard InChI is InChI=1S/C16H29NO2/c1-2-3-4-11-16(19)17-12-7-9-14(17)13-8-5-6-10-15(13)18/h13-15,18H,2-12H2,1H3. The van der Waals surface area contributed by atoms with Crippen LogP contribution in [0, 0.1) is 5.92 Å². The maximum atomic E-state index is 12.3. The molecule has 3 nitrogen and oxygen atoms in total. The fourth-order valence-electron chi connectivity index (χ4n) is 3.81. The maximum absolute atomic E-state index is 12.3. The van der Waals surface area contributed by atoms with Gasteiger partial charge in [-0.1, -0.05) is 32.6 Å². The molecule has 0 radical (unpaired) electrons. The molecule has 3 unspecified atom stereocenters. The molecule has 1 heterocycles. The summed E-state index contributed by atoms with van der Waals surface area (Å²) in [5, 5.41) is 10.2. The van der Waals surface area contributed by atoms with E-state index in [1.54, 1.807) is 0 Å². The second-order valence-electron chi connectivity index (χ2n) is 6.27. The van der Waals surface area contributed by atoms with Gasteiger partial charge in [-0.2, -0.15) is 0 Å². The molecule has 0 bridgehead atoms. The number of carbonyl (C=O) groups is 1. The third kappa shape index (κ3) is 3.71. The topological polar surface area (TPSA) is 40.5 Å². The number of nitrogens with zero attached hydrogens (tertiary/aromatic N) is 1. The number of amides is 1. The second kappa shape index (κ2) is 7.28. The van der Waals surface area contributed by atoms with Crippen molar-refractivity contribution in [3.63, 3.8) is 0 Å². The van der Waals surface area contributed by atoms with Gasteiger partial charge >= 0.3 is 0 Å². The third-order valence-electron chi connectivity index (χ3n) is 4.89. The Morgan fingerprint density at radius 1 is 1.16 bits per heavy atom. The molecule has 0 aromatic rings. The Morgan fingerprint density at radius 2 is 1.95 bits per heavy atom. The van der Waals surface area contributed by atoms with E-state index in [0.717, 1.165) is 57.9 Å². The van der Waals surface area contributed by atoms with Crippen LogP contribution in [0.4, 0.5) is 0 Å². The van der Waals surface area contributed by atoms with Crippen molar-refractivity contribution in [2.24, 2.45) is 5.92 Å². The van der Waals surface area contributed by atoms with Gasteiger partial charge in [0.2, 0.25) is 5.91 Å². The van der Waals surface area contributed by atoms with Gasteiger partial charge in [-0.25, -0.2) is 0 Å². The number of unbranched alkanes of at least 4 members (excludes halogenated alkanes) is 2. The predicted molar refractivity (Wildman–Crippen MR) is 76.8 cm³/mol. The summed E-state index contributed by atoms with van der Waals surface area (Å²) in [5.41, 5.74) is 0. The van der Waals surface area contributed by atoms with Gasteiger partial charge in [0, 0.05) is 24.9 Å². The van der Waals surface area contributed by atoms with Crippen LogP contribution in [-0.2, 0) is 4.79 Å². The first-order chi connectivity index (χ1) is 9.24. The van der Waals surface area contributed by atoms with E-state index in [9.17, 15) is 9.90 Å². The van der Waals surface area contributed by atoms with Crippen LogP contribution in [0.15, 0.2) is 0 Å². The molecule has 2 fully saturated rings. The quantitative estimate of drug-likeness (QED) is 0.778. The zero-order valence-corrected chi connectivity index (χ0v) is 12.3. The lowest BCUT2D eigenvalue weighted by atomic mass is 9.80. The van der Waals surface area contributed by atoms with Gasteiger partial charge < -0.3 is 10.0 Å². The highest BCUT2D eigenvalue weighted by atomic mass is 16.3. The van der Waals surface area contributed by atoms with Crippen molar-refractivity contribution in [2.75, 3.05) is 6.54 Å². The molecule has 1 saturated carbocycles. The number of hydrogen-bond acceptors (Lipinski definition) is 2. The van der Waals surface area contributed by atoms with Crippen LogP contribution in [0.5, 0.6) is 0 Å². The number of rotatable bonds is 5. The number of aliphatic hydroxyl groups excluding tert-OH is 1. The summed E-state index contributed by atoms with van der Waals surface area (Å²) >= 11 is 0. The molecule has 2 aliphatic rings. The molecule has 2 rings (SSSR count). The van der Waals surface area contributed by atoms with E-state index in [4.69, 9.17) is 0 Å². The Labute approximate surface area is 117 Å². The molecule has 1 saturated heterocycles. The lowest BCUT2D eigenvalue weighted by molar-refractivity contribution is -0.134. The predicted octanol–water partition coefficient (Wildman–Crippen LogP) is 3.11. The van der Waals surface area contributed by atoms with Crippen LogP contribution in [0.1, 0.15) is 71.1 Å². The van der Waals surface area contributed by atoms with E-state index in [0.29, 0.717) is 24.3 Å². The molecule has 3 heteroatoms. The first-order valence-electron chi connectivity index (χ1n) is 8.21. The molecule has 0 aromatic carbocycles. The number of carbonyl (C=O) groups excluding carboxylic acids is 1. The van der Waals surface area contributed by atoms with E-state index in [1.807, 2.05) is 0 Å². The lowest BCUT2D eigenvalue weighted by Gasteiger charge is -2.37. The minimum Gasteiger partial charge on any atom is -0.393 e. The Kier molecular flexibility index (Phi) is 5.68. The average Bonchev–Trinajstić information content (AvgIpc) is 2.88. The van der Waals surface area contributed by atoms with Crippen LogP contribution < -0.4 is 0 Å². The number of hydrogen-bond donors (Lipinski definition) is 1. The summed E-state index contributed by atoms with van der Waals surface area (Å²) in [4.78, 5) is 14.4. The van der Waals surface area contributed by atoms with Crippen LogP contribution in [0.2, 0.25) is 0 Å². The highest BCUT2D eigenvalue weighted by Gasteiger charge is 2.38. The molecular weight excluding hydrogens is 238 g/mol. The molecule has 0 aromatic heterocycles. The van der Waals surface area contributed by atoms with Crippen molar-refractivity contribution in [1.82, 2.24) is 4.90 Å². The van der Waals surface area contributed by atoms with Crippen molar-refractivity contribution >= 4 is 5.91 Å². The Bertz CT molecular complexity index is 292. The monoisotopic (exact) mass is 267 g/mol. The van der Waals surface area contributed by atoms with Crippen molar-refractivity contribution in [2.45, 2.75) is 83.3 Å². The van der Waals surface area contributed by atoms with Gasteiger partial charge in [0.25, 0.3) is 0 Å². The first kappa shape index (κ1) is 14.8. The summed E-state index contributed by atoms with van der Waals surface area (Å²) in [6, 6.07) is 0.324. The molecule has 19 heavy (non-hydrogen) atoms. The van der Waals surface area contributed by atoms with Gasteiger partial charge in [0.15, 0.2) is 0 Å². The zero-order valence-electron chi connectivity index (χ0n) is 12.3. The van der Waals surface area contributed by atoms with Crippen molar-refractivity contribution in [3.8, 4) is 0 Å². The smallest absolute Gasteiger partial charge is 0.222 e. The Morgan fingerprint density at radius 3 is 2.68 bits per heavy atom. The second-order valence-corrected chi connectivity index (χ2v) is 6.27. The Balaban J connectivity index is 1.90. The molecule has 110 valence electrons.